The monoisotopic (exact) mass is 399 g/mol. The fourth-order valence-electron chi connectivity index (χ4n) is 3.54. The fraction of sp³-hybridized carbons (Fsp3) is 0.160. The molecule has 0 amide bonds. The van der Waals surface area contributed by atoms with Crippen molar-refractivity contribution in [1.29, 1.82) is 0 Å². The van der Waals surface area contributed by atoms with Gasteiger partial charge in [-0.1, -0.05) is 72.8 Å². The molecule has 4 rings (SSSR count). The Morgan fingerprint density at radius 1 is 0.933 bits per heavy atom. The van der Waals surface area contributed by atoms with E-state index in [9.17, 15) is 5.11 Å². The van der Waals surface area contributed by atoms with E-state index >= 15 is 0 Å². The topological polar surface area (TPSA) is 59.3 Å². The number of imidazole rings is 1. The molecule has 2 N–H and O–H groups in total. The van der Waals surface area contributed by atoms with E-state index in [0.29, 0.717) is 12.4 Å². The molecule has 1 heterocycles. The number of benzene rings is 3. The number of anilines is 1. The number of nitrogens with zero attached hydrogens (tertiary/aromatic N) is 2. The van der Waals surface area contributed by atoms with Crippen LogP contribution in [0.15, 0.2) is 84.9 Å². The van der Waals surface area contributed by atoms with Gasteiger partial charge in [0.1, 0.15) is 5.75 Å². The number of aromatic nitrogens is 2. The van der Waals surface area contributed by atoms with Gasteiger partial charge in [-0.15, -0.1) is 0 Å². The predicted molar refractivity (Wildman–Crippen MR) is 119 cm³/mol. The minimum atomic E-state index is -0.884. The molecule has 0 radical (unpaired) electrons. The van der Waals surface area contributed by atoms with Gasteiger partial charge < -0.3 is 19.7 Å². The zero-order chi connectivity index (χ0) is 20.9. The summed E-state index contributed by atoms with van der Waals surface area (Å²) in [6.45, 7) is 0. The van der Waals surface area contributed by atoms with E-state index < -0.39 is 6.23 Å². The standard InChI is InChI=1S/C25H25N3O2/c1-28-23(19-11-7-4-8-12-19)22(17-18-9-5-3-6-10-18)26-25(28)27-24(29)20-13-15-21(30-2)16-14-20/h3-16,24,29H,17H2,1-2H3,(H,26,27). The second-order valence-electron chi connectivity index (χ2n) is 7.14. The average molecular weight is 399 g/mol. The third-order valence-corrected chi connectivity index (χ3v) is 5.13. The molecule has 30 heavy (non-hydrogen) atoms. The number of ether oxygens (including phenoxy) is 1. The first-order chi connectivity index (χ1) is 14.7. The number of rotatable bonds is 7. The van der Waals surface area contributed by atoms with Gasteiger partial charge in [0.25, 0.3) is 0 Å². The van der Waals surface area contributed by atoms with Crippen molar-refractivity contribution in [2.24, 2.45) is 7.05 Å². The van der Waals surface area contributed by atoms with Gasteiger partial charge in [0.05, 0.1) is 18.5 Å². The minimum absolute atomic E-state index is 0.614. The number of aliphatic hydroxyl groups is 1. The lowest BCUT2D eigenvalue weighted by Crippen LogP contribution is -2.13. The first-order valence-electron chi connectivity index (χ1n) is 9.89. The lowest BCUT2D eigenvalue weighted by molar-refractivity contribution is 0.206. The summed E-state index contributed by atoms with van der Waals surface area (Å²) in [5.74, 6) is 1.36. The molecule has 0 fully saturated rings. The SMILES string of the molecule is COc1ccc(C(O)Nc2nc(Cc3ccccc3)c(-c3ccccc3)n2C)cc1. The van der Waals surface area contributed by atoms with Crippen molar-refractivity contribution in [3.8, 4) is 17.0 Å². The van der Waals surface area contributed by atoms with Crippen molar-refractivity contribution in [1.82, 2.24) is 9.55 Å². The van der Waals surface area contributed by atoms with Gasteiger partial charge in [-0.2, -0.15) is 0 Å². The summed E-state index contributed by atoms with van der Waals surface area (Å²) < 4.78 is 7.19. The van der Waals surface area contributed by atoms with Crippen LogP contribution in [0.4, 0.5) is 5.95 Å². The van der Waals surface area contributed by atoms with Crippen LogP contribution in [0, 0.1) is 0 Å². The van der Waals surface area contributed by atoms with Crippen LogP contribution in [0.1, 0.15) is 23.0 Å². The highest BCUT2D eigenvalue weighted by Gasteiger charge is 2.19. The molecule has 4 aromatic rings. The Balaban J connectivity index is 1.67. The summed E-state index contributed by atoms with van der Waals surface area (Å²) in [6.07, 6.45) is -0.177. The Morgan fingerprint density at radius 2 is 1.57 bits per heavy atom. The maximum Gasteiger partial charge on any atom is 0.205 e. The lowest BCUT2D eigenvalue weighted by Gasteiger charge is -2.15. The first kappa shape index (κ1) is 19.7. The summed E-state index contributed by atoms with van der Waals surface area (Å²) in [5.41, 5.74) is 5.01. The van der Waals surface area contributed by atoms with E-state index in [2.05, 4.69) is 29.6 Å². The van der Waals surface area contributed by atoms with Crippen LogP contribution in [0.3, 0.4) is 0 Å². The molecule has 1 atom stereocenters. The molecule has 1 aromatic heterocycles. The van der Waals surface area contributed by atoms with Gasteiger partial charge >= 0.3 is 0 Å². The van der Waals surface area contributed by atoms with Crippen molar-refractivity contribution in [2.75, 3.05) is 12.4 Å². The van der Waals surface area contributed by atoms with Crippen LogP contribution in [0.25, 0.3) is 11.3 Å². The Kier molecular flexibility index (Phi) is 5.82. The zero-order valence-corrected chi connectivity index (χ0v) is 17.1. The highest BCUT2D eigenvalue weighted by atomic mass is 16.5. The van der Waals surface area contributed by atoms with Gasteiger partial charge in [-0.25, -0.2) is 4.98 Å². The van der Waals surface area contributed by atoms with Crippen molar-refractivity contribution in [2.45, 2.75) is 12.6 Å². The Bertz CT molecular complexity index is 1090. The molecule has 3 aromatic carbocycles. The van der Waals surface area contributed by atoms with Crippen LogP contribution < -0.4 is 10.1 Å². The molecule has 0 bridgehead atoms. The quantitative estimate of drug-likeness (QED) is 0.439. The van der Waals surface area contributed by atoms with Crippen molar-refractivity contribution in [3.63, 3.8) is 0 Å². The lowest BCUT2D eigenvalue weighted by atomic mass is 10.0. The van der Waals surface area contributed by atoms with E-state index in [1.54, 1.807) is 7.11 Å². The van der Waals surface area contributed by atoms with Gasteiger partial charge in [0, 0.05) is 24.6 Å². The van der Waals surface area contributed by atoms with Crippen LogP contribution in [-0.2, 0) is 13.5 Å². The average Bonchev–Trinajstić information content (AvgIpc) is 3.09. The molecule has 5 heteroatoms. The molecule has 0 spiro atoms. The highest BCUT2D eigenvalue weighted by molar-refractivity contribution is 5.66. The predicted octanol–water partition coefficient (Wildman–Crippen LogP) is 4.79. The van der Waals surface area contributed by atoms with Crippen molar-refractivity contribution in [3.05, 3.63) is 102 Å². The van der Waals surface area contributed by atoms with Crippen molar-refractivity contribution < 1.29 is 9.84 Å². The molecule has 0 saturated carbocycles. The third-order valence-electron chi connectivity index (χ3n) is 5.13. The largest absolute Gasteiger partial charge is 0.497 e. The summed E-state index contributed by atoms with van der Waals surface area (Å²) in [7, 11) is 3.59. The van der Waals surface area contributed by atoms with Crippen molar-refractivity contribution >= 4 is 5.95 Å². The zero-order valence-electron chi connectivity index (χ0n) is 17.1. The van der Waals surface area contributed by atoms with Crippen LogP contribution >= 0.6 is 0 Å². The Hall–Kier alpha value is -3.57. The molecule has 152 valence electrons. The normalized spacial score (nSPS) is 11.8. The van der Waals surface area contributed by atoms with Gasteiger partial charge in [0.2, 0.25) is 5.95 Å². The molecule has 0 aliphatic carbocycles. The molecule has 1 unspecified atom stereocenters. The third kappa shape index (κ3) is 4.21. The van der Waals surface area contributed by atoms with Crippen LogP contribution in [0.5, 0.6) is 5.75 Å². The molecular weight excluding hydrogens is 374 g/mol. The second-order valence-corrected chi connectivity index (χ2v) is 7.14. The van der Waals surface area contributed by atoms with E-state index in [-0.39, 0.29) is 0 Å². The Labute approximate surface area is 176 Å². The number of aliphatic hydroxyl groups excluding tert-OH is 1. The smallest absolute Gasteiger partial charge is 0.205 e. The van der Waals surface area contributed by atoms with E-state index in [1.807, 2.05) is 72.3 Å². The second kappa shape index (κ2) is 8.84. The maximum atomic E-state index is 10.7. The maximum absolute atomic E-state index is 10.7. The molecule has 5 nitrogen and oxygen atoms in total. The van der Waals surface area contributed by atoms with E-state index in [0.717, 1.165) is 28.3 Å². The summed E-state index contributed by atoms with van der Waals surface area (Å²) >= 11 is 0. The van der Waals surface area contributed by atoms with E-state index in [4.69, 9.17) is 9.72 Å². The van der Waals surface area contributed by atoms with Gasteiger partial charge in [0.15, 0.2) is 6.23 Å². The van der Waals surface area contributed by atoms with E-state index in [1.165, 1.54) is 5.56 Å². The molecule has 0 aliphatic rings. The number of hydrogen-bond acceptors (Lipinski definition) is 4. The first-order valence-corrected chi connectivity index (χ1v) is 9.89. The Morgan fingerprint density at radius 3 is 2.20 bits per heavy atom. The van der Waals surface area contributed by atoms with Gasteiger partial charge in [-0.05, 0) is 17.7 Å². The summed E-state index contributed by atoms with van der Waals surface area (Å²) in [4.78, 5) is 4.85. The molecule has 0 aliphatic heterocycles. The number of methoxy groups -OCH3 is 1. The molecule has 0 saturated heterocycles. The van der Waals surface area contributed by atoms with Crippen LogP contribution in [-0.4, -0.2) is 21.8 Å². The fourth-order valence-corrected chi connectivity index (χ4v) is 3.54. The van der Waals surface area contributed by atoms with Gasteiger partial charge in [-0.3, -0.25) is 0 Å². The van der Waals surface area contributed by atoms with Crippen LogP contribution in [0.2, 0.25) is 0 Å². The number of nitrogens with one attached hydrogen (secondary N) is 1. The minimum Gasteiger partial charge on any atom is -0.497 e. The summed E-state index contributed by atoms with van der Waals surface area (Å²) in [6, 6.07) is 27.8. The highest BCUT2D eigenvalue weighted by Crippen LogP contribution is 2.30. The number of hydrogen-bond donors (Lipinski definition) is 2. The molecular formula is C25H25N3O2. The summed E-state index contributed by atoms with van der Waals surface area (Å²) in [5, 5.41) is 13.9.